The Labute approximate surface area is 222 Å². The lowest BCUT2D eigenvalue weighted by Crippen LogP contribution is -2.35. The molecule has 1 atom stereocenters. The third kappa shape index (κ3) is 4.72. The van der Waals surface area contributed by atoms with Gasteiger partial charge in [-0.25, -0.2) is 4.98 Å². The monoisotopic (exact) mass is 505 g/mol. The molecule has 192 valence electrons. The Morgan fingerprint density at radius 3 is 2.55 bits per heavy atom. The fourth-order valence-electron chi connectivity index (χ4n) is 5.41. The number of aliphatic hydroxyl groups excluding tert-OH is 1. The van der Waals surface area contributed by atoms with Crippen molar-refractivity contribution in [3.05, 3.63) is 107 Å². The fourth-order valence-corrected chi connectivity index (χ4v) is 5.41. The topological polar surface area (TPSA) is 96.7 Å². The number of aromatic nitrogens is 2. The average molecular weight is 506 g/mol. The molecule has 7 nitrogen and oxygen atoms in total. The number of fused-ring (bicyclic) bond motifs is 1. The molecule has 3 N–H and O–H groups in total. The van der Waals surface area contributed by atoms with E-state index in [1.54, 1.807) is 12.5 Å². The zero-order valence-electron chi connectivity index (χ0n) is 21.2. The van der Waals surface area contributed by atoms with Crippen molar-refractivity contribution in [1.82, 2.24) is 14.5 Å². The summed E-state index contributed by atoms with van der Waals surface area (Å²) >= 11 is 0. The third-order valence-electron chi connectivity index (χ3n) is 7.55. The lowest BCUT2D eigenvalue weighted by molar-refractivity contribution is 0.0793. The van der Waals surface area contributed by atoms with E-state index in [0.29, 0.717) is 17.9 Å². The number of nitrogens with two attached hydrogens (primary N) is 1. The molecular formula is C31H31N5O2. The minimum absolute atomic E-state index is 0.0708. The third-order valence-corrected chi connectivity index (χ3v) is 7.55. The number of hydrogen-bond acceptors (Lipinski definition) is 6. The van der Waals surface area contributed by atoms with E-state index in [9.17, 15) is 9.90 Å². The van der Waals surface area contributed by atoms with Crippen LogP contribution in [0, 0.1) is 0 Å². The number of carbonyl (C=O) groups excluding carboxylic acids is 1. The Morgan fingerprint density at radius 2 is 1.76 bits per heavy atom. The number of piperidine rings is 1. The highest BCUT2D eigenvalue weighted by Crippen LogP contribution is 2.32. The zero-order chi connectivity index (χ0) is 26.1. The maximum Gasteiger partial charge on any atom is 0.210 e. The number of hydrogen-bond donors (Lipinski definition) is 2. The van der Waals surface area contributed by atoms with Crippen LogP contribution in [0.1, 0.15) is 51.8 Å². The van der Waals surface area contributed by atoms with Crippen LogP contribution in [0.5, 0.6) is 0 Å². The predicted molar refractivity (Wildman–Crippen MR) is 149 cm³/mol. The van der Waals surface area contributed by atoms with Gasteiger partial charge in [-0.3, -0.25) is 19.3 Å². The molecular weight excluding hydrogens is 474 g/mol. The van der Waals surface area contributed by atoms with Crippen molar-refractivity contribution in [3.63, 3.8) is 0 Å². The van der Waals surface area contributed by atoms with Gasteiger partial charge in [-0.15, -0.1) is 0 Å². The average Bonchev–Trinajstić information content (AvgIpc) is 3.40. The molecule has 1 aromatic heterocycles. The number of ketones is 1. The molecule has 1 saturated heterocycles. The molecule has 0 saturated carbocycles. The van der Waals surface area contributed by atoms with Crippen molar-refractivity contribution < 1.29 is 9.90 Å². The Bertz CT molecular complexity index is 1480. The van der Waals surface area contributed by atoms with Crippen LogP contribution < -0.4 is 5.73 Å². The largest absolute Gasteiger partial charge is 0.393 e. The first-order chi connectivity index (χ1) is 18.6. The number of carbonyl (C=O) groups is 1. The first kappa shape index (κ1) is 24.4. The number of likely N-dealkylation sites (tertiary alicyclic amines) is 1. The second kappa shape index (κ2) is 10.5. The van der Waals surface area contributed by atoms with E-state index in [1.165, 1.54) is 11.1 Å². The molecule has 0 radical (unpaired) electrons. The normalized spacial score (nSPS) is 18.1. The maximum absolute atomic E-state index is 13.7. The van der Waals surface area contributed by atoms with Gasteiger partial charge in [0.2, 0.25) is 5.78 Å². The lowest BCUT2D eigenvalue weighted by atomic mass is 9.94. The quantitative estimate of drug-likeness (QED) is 0.407. The van der Waals surface area contributed by atoms with E-state index in [2.05, 4.69) is 51.3 Å². The van der Waals surface area contributed by atoms with Crippen molar-refractivity contribution in [1.29, 1.82) is 0 Å². The molecule has 0 bridgehead atoms. The van der Waals surface area contributed by atoms with E-state index in [0.717, 1.165) is 54.9 Å². The minimum Gasteiger partial charge on any atom is -0.393 e. The van der Waals surface area contributed by atoms with Gasteiger partial charge in [-0.2, -0.15) is 0 Å². The molecule has 38 heavy (non-hydrogen) atoms. The van der Waals surface area contributed by atoms with Crippen LogP contribution in [-0.4, -0.2) is 50.7 Å². The molecule has 0 amide bonds. The first-order valence-corrected chi connectivity index (χ1v) is 13.1. The Balaban J connectivity index is 1.25. The number of Topliss-reactive ketones (excluding diaryl/α,β-unsaturated/α-hetero) is 1. The van der Waals surface area contributed by atoms with Crippen LogP contribution in [0.25, 0.3) is 16.8 Å². The second-order valence-electron chi connectivity index (χ2n) is 10.1. The summed E-state index contributed by atoms with van der Waals surface area (Å²) in [6.45, 7) is 3.10. The number of nitrogens with zero attached hydrogens (tertiary/aromatic N) is 4. The summed E-state index contributed by atoms with van der Waals surface area (Å²) in [5.74, 6) is -0.0708. The van der Waals surface area contributed by atoms with Gasteiger partial charge in [0.05, 0.1) is 12.3 Å². The summed E-state index contributed by atoms with van der Waals surface area (Å²) in [5, 5.41) is 9.84. The molecule has 3 aromatic carbocycles. The summed E-state index contributed by atoms with van der Waals surface area (Å²) in [6.07, 6.45) is 4.85. The van der Waals surface area contributed by atoms with Gasteiger partial charge in [0, 0.05) is 31.9 Å². The minimum atomic E-state index is -0.611. The molecule has 2 aliphatic rings. The summed E-state index contributed by atoms with van der Waals surface area (Å²) in [5.41, 5.74) is 13.2. The van der Waals surface area contributed by atoms with Crippen molar-refractivity contribution in [2.24, 2.45) is 10.7 Å². The molecule has 0 spiro atoms. The van der Waals surface area contributed by atoms with E-state index >= 15 is 0 Å². The summed E-state index contributed by atoms with van der Waals surface area (Å²) in [4.78, 5) is 25.1. The van der Waals surface area contributed by atoms with Crippen molar-refractivity contribution in [3.8, 4) is 16.8 Å². The number of rotatable bonds is 6. The summed E-state index contributed by atoms with van der Waals surface area (Å²) < 4.78 is 1.83. The summed E-state index contributed by atoms with van der Waals surface area (Å²) in [7, 11) is 0. The van der Waals surface area contributed by atoms with Gasteiger partial charge in [-0.1, -0.05) is 60.7 Å². The highest BCUT2D eigenvalue weighted by atomic mass is 16.3. The molecule has 6 rings (SSSR count). The molecule has 1 unspecified atom stereocenters. The van der Waals surface area contributed by atoms with Crippen molar-refractivity contribution >= 4 is 12.0 Å². The smallest absolute Gasteiger partial charge is 0.210 e. The first-order valence-electron chi connectivity index (χ1n) is 13.1. The highest BCUT2D eigenvalue weighted by Gasteiger charge is 2.31. The number of aliphatic imine (C=N–C) groups is 1. The van der Waals surface area contributed by atoms with Gasteiger partial charge in [-0.05, 0) is 52.8 Å². The van der Waals surface area contributed by atoms with Crippen LogP contribution in [0.15, 0.2) is 84.1 Å². The lowest BCUT2D eigenvalue weighted by Gasteiger charge is -2.30. The van der Waals surface area contributed by atoms with Gasteiger partial charge in [0.1, 0.15) is 23.8 Å². The zero-order valence-corrected chi connectivity index (χ0v) is 21.2. The van der Waals surface area contributed by atoms with Crippen molar-refractivity contribution in [2.45, 2.75) is 38.1 Å². The Hall–Kier alpha value is -3.91. The van der Waals surface area contributed by atoms with Crippen LogP contribution in [0.4, 0.5) is 0 Å². The predicted octanol–water partition coefficient (Wildman–Crippen LogP) is 4.31. The van der Waals surface area contributed by atoms with Gasteiger partial charge in [0.15, 0.2) is 0 Å². The van der Waals surface area contributed by atoms with E-state index in [-0.39, 0.29) is 11.9 Å². The van der Waals surface area contributed by atoms with Crippen molar-refractivity contribution in [2.75, 3.05) is 13.1 Å². The fraction of sp³-hybridized carbons (Fsp3) is 0.258. The van der Waals surface area contributed by atoms with Crippen LogP contribution in [0.2, 0.25) is 0 Å². The number of aliphatic hydroxyl groups is 1. The molecule has 7 heteroatoms. The number of benzene rings is 3. The molecule has 4 aromatic rings. The van der Waals surface area contributed by atoms with Gasteiger partial charge < -0.3 is 10.8 Å². The SMILES string of the molecule is NCc1cccc(-n2cnc3c2C(=O)C(c2ccc(-c4ccccc4CN4CCC(O)CC4)cc2)N=C3)c1. The second-order valence-corrected chi connectivity index (χ2v) is 10.1. The molecule has 0 aliphatic carbocycles. The van der Waals surface area contributed by atoms with E-state index < -0.39 is 6.04 Å². The van der Waals surface area contributed by atoms with Crippen LogP contribution in [0.3, 0.4) is 0 Å². The highest BCUT2D eigenvalue weighted by molar-refractivity contribution is 6.08. The van der Waals surface area contributed by atoms with E-state index in [1.807, 2.05) is 41.0 Å². The standard InChI is InChI=1S/C31H31N5O2/c32-17-21-4-3-6-25(16-21)36-20-34-28-18-33-29(31(38)30(28)36)23-10-8-22(9-11-23)27-7-2-1-5-24(27)19-35-14-12-26(37)13-15-35/h1-11,16,18,20,26,29,37H,12-15,17,19,32H2. The van der Waals surface area contributed by atoms with Gasteiger partial charge >= 0.3 is 0 Å². The van der Waals surface area contributed by atoms with E-state index in [4.69, 9.17) is 5.73 Å². The van der Waals surface area contributed by atoms with Crippen LogP contribution in [-0.2, 0) is 13.1 Å². The Kier molecular flexibility index (Phi) is 6.72. The Morgan fingerprint density at radius 1 is 0.974 bits per heavy atom. The summed E-state index contributed by atoms with van der Waals surface area (Å²) in [6, 6.07) is 23.8. The van der Waals surface area contributed by atoms with Gasteiger partial charge in [0.25, 0.3) is 0 Å². The number of imidazole rings is 1. The molecule has 1 fully saturated rings. The maximum atomic E-state index is 13.7. The molecule has 2 aliphatic heterocycles. The molecule has 3 heterocycles. The van der Waals surface area contributed by atoms with Crippen LogP contribution >= 0.6 is 0 Å².